The van der Waals surface area contributed by atoms with E-state index in [1.54, 1.807) is 7.11 Å². The summed E-state index contributed by atoms with van der Waals surface area (Å²) in [5.41, 5.74) is 13.1. The summed E-state index contributed by atoms with van der Waals surface area (Å²) in [6.45, 7) is 0.357. The Morgan fingerprint density at radius 1 is 1.30 bits per heavy atom. The molecule has 118 valence electrons. The van der Waals surface area contributed by atoms with E-state index in [1.165, 1.54) is 0 Å². The number of hydrogen-bond donors (Lipinski definition) is 2. The largest absolute Gasteiger partial charge is 0.497 e. The molecular formula is C16H17N4O3+. The van der Waals surface area contributed by atoms with Gasteiger partial charge in [-0.05, 0) is 24.3 Å². The molecule has 3 rings (SSSR count). The van der Waals surface area contributed by atoms with Gasteiger partial charge in [-0.1, -0.05) is 0 Å². The van der Waals surface area contributed by atoms with Crippen LogP contribution in [0, 0.1) is 11.3 Å². The number of ether oxygens (including phenoxy) is 3. The lowest BCUT2D eigenvalue weighted by atomic mass is 10.1. The van der Waals surface area contributed by atoms with Crippen molar-refractivity contribution in [1.29, 1.82) is 5.26 Å². The van der Waals surface area contributed by atoms with Crippen molar-refractivity contribution in [3.8, 4) is 23.4 Å². The van der Waals surface area contributed by atoms with Crippen LogP contribution in [0.25, 0.3) is 0 Å². The van der Waals surface area contributed by atoms with Gasteiger partial charge in [0.2, 0.25) is 0 Å². The molecule has 1 aromatic heterocycles. The van der Waals surface area contributed by atoms with Crippen LogP contribution in [-0.4, -0.2) is 19.8 Å². The van der Waals surface area contributed by atoms with Crippen LogP contribution >= 0.6 is 0 Å². The monoisotopic (exact) mass is 313 g/mol. The van der Waals surface area contributed by atoms with Gasteiger partial charge in [0.15, 0.2) is 5.56 Å². The van der Waals surface area contributed by atoms with Crippen molar-refractivity contribution in [2.45, 2.75) is 12.5 Å². The van der Waals surface area contributed by atoms with Crippen LogP contribution in [0.15, 0.2) is 24.3 Å². The Bertz CT molecular complexity index is 768. The first kappa shape index (κ1) is 14.8. The van der Waals surface area contributed by atoms with Gasteiger partial charge in [0.05, 0.1) is 18.4 Å². The summed E-state index contributed by atoms with van der Waals surface area (Å²) in [5.74, 6) is 2.20. The Morgan fingerprint density at radius 3 is 2.65 bits per heavy atom. The molecule has 1 aliphatic rings. The number of hydrogen-bond acceptors (Lipinski definition) is 6. The van der Waals surface area contributed by atoms with E-state index in [9.17, 15) is 0 Å². The van der Waals surface area contributed by atoms with Gasteiger partial charge in [0.25, 0.3) is 11.7 Å². The second-order valence-electron chi connectivity index (χ2n) is 5.18. The van der Waals surface area contributed by atoms with Gasteiger partial charge < -0.3 is 19.9 Å². The van der Waals surface area contributed by atoms with Crippen molar-refractivity contribution in [3.63, 3.8) is 0 Å². The molecule has 0 saturated carbocycles. The number of methoxy groups -OCH3 is 1. The molecule has 2 aromatic rings. The molecule has 0 unspecified atom stereocenters. The fraction of sp³-hybridized carbons (Fsp3) is 0.250. The number of H-pyrrole nitrogens is 1. The van der Waals surface area contributed by atoms with E-state index in [2.05, 4.69) is 4.98 Å². The highest BCUT2D eigenvalue weighted by molar-refractivity contribution is 5.68. The van der Waals surface area contributed by atoms with Crippen LogP contribution in [-0.2, 0) is 6.42 Å². The third-order valence-corrected chi connectivity index (χ3v) is 3.71. The van der Waals surface area contributed by atoms with Crippen LogP contribution in [0.5, 0.6) is 17.4 Å². The molecule has 7 nitrogen and oxygen atoms in total. The number of pyridine rings is 1. The zero-order valence-electron chi connectivity index (χ0n) is 12.6. The van der Waals surface area contributed by atoms with Crippen LogP contribution < -0.4 is 30.7 Å². The van der Waals surface area contributed by atoms with Crippen molar-refractivity contribution < 1.29 is 19.2 Å². The highest BCUT2D eigenvalue weighted by Crippen LogP contribution is 2.33. The van der Waals surface area contributed by atoms with Crippen molar-refractivity contribution in [2.75, 3.05) is 25.2 Å². The second kappa shape index (κ2) is 5.93. The van der Waals surface area contributed by atoms with Crippen LogP contribution in [0.3, 0.4) is 0 Å². The van der Waals surface area contributed by atoms with Gasteiger partial charge in [-0.3, -0.25) is 5.73 Å². The van der Waals surface area contributed by atoms with Crippen LogP contribution in [0.4, 0.5) is 11.5 Å². The molecule has 0 radical (unpaired) electrons. The highest BCUT2D eigenvalue weighted by atomic mass is 16.5. The predicted octanol–water partition coefficient (Wildman–Crippen LogP) is 0.928. The summed E-state index contributed by atoms with van der Waals surface area (Å²) in [6, 6.07) is 9.30. The summed E-state index contributed by atoms with van der Waals surface area (Å²) in [6.07, 6.45) is 0.363. The number of benzene rings is 1. The van der Waals surface area contributed by atoms with E-state index in [0.29, 0.717) is 24.6 Å². The van der Waals surface area contributed by atoms with Crippen LogP contribution in [0.1, 0.15) is 11.1 Å². The smallest absolute Gasteiger partial charge is 0.293 e. The maximum Gasteiger partial charge on any atom is 0.293 e. The predicted molar refractivity (Wildman–Crippen MR) is 83.1 cm³/mol. The molecule has 5 N–H and O–H groups in total. The van der Waals surface area contributed by atoms with E-state index in [4.69, 9.17) is 30.9 Å². The van der Waals surface area contributed by atoms with Gasteiger partial charge in [-0.15, -0.1) is 0 Å². The number of anilines is 2. The quantitative estimate of drug-likeness (QED) is 0.867. The average molecular weight is 313 g/mol. The van der Waals surface area contributed by atoms with E-state index < -0.39 is 0 Å². The third kappa shape index (κ3) is 2.79. The van der Waals surface area contributed by atoms with Crippen LogP contribution in [0.2, 0.25) is 0 Å². The Balaban J connectivity index is 1.68. The minimum atomic E-state index is -0.195. The molecule has 7 heteroatoms. The lowest BCUT2D eigenvalue weighted by Crippen LogP contribution is -2.24. The molecule has 23 heavy (non-hydrogen) atoms. The fourth-order valence-corrected chi connectivity index (χ4v) is 2.49. The molecule has 1 atom stereocenters. The van der Waals surface area contributed by atoms with Crippen molar-refractivity contribution >= 4 is 11.5 Å². The molecule has 1 aromatic carbocycles. The highest BCUT2D eigenvalue weighted by Gasteiger charge is 2.32. The lowest BCUT2D eigenvalue weighted by molar-refractivity contribution is -0.377. The Labute approximate surface area is 133 Å². The molecule has 1 aliphatic heterocycles. The SMILES string of the molecule is COc1ccc(OC[C@H]2Cc3c([nH+]c(N)c(C#N)c3N)O2)cc1. The van der Waals surface area contributed by atoms with Gasteiger partial charge in [-0.2, -0.15) is 5.26 Å². The Morgan fingerprint density at radius 2 is 2.00 bits per heavy atom. The summed E-state index contributed by atoms with van der Waals surface area (Å²) in [4.78, 5) is 2.87. The van der Waals surface area contributed by atoms with E-state index in [-0.39, 0.29) is 17.5 Å². The molecule has 0 spiro atoms. The van der Waals surface area contributed by atoms with Gasteiger partial charge >= 0.3 is 0 Å². The van der Waals surface area contributed by atoms with Crippen molar-refractivity contribution in [3.05, 3.63) is 35.4 Å². The first-order chi connectivity index (χ1) is 11.1. The molecule has 0 saturated heterocycles. The number of nitrogens with one attached hydrogen (secondary N) is 1. The number of nitrogens with zero attached hydrogens (tertiary/aromatic N) is 1. The number of nitriles is 1. The summed E-state index contributed by atoms with van der Waals surface area (Å²) >= 11 is 0. The zero-order chi connectivity index (χ0) is 16.4. The molecular weight excluding hydrogens is 296 g/mol. The van der Waals surface area contributed by atoms with E-state index in [1.807, 2.05) is 30.3 Å². The summed E-state index contributed by atoms with van der Waals surface area (Å²) in [7, 11) is 1.61. The van der Waals surface area contributed by atoms with E-state index >= 15 is 0 Å². The lowest BCUT2D eigenvalue weighted by Gasteiger charge is -2.11. The number of fused-ring (bicyclic) bond motifs is 1. The number of aromatic amines is 1. The number of aromatic nitrogens is 1. The second-order valence-corrected chi connectivity index (χ2v) is 5.18. The first-order valence-corrected chi connectivity index (χ1v) is 7.09. The van der Waals surface area contributed by atoms with Gasteiger partial charge in [0.1, 0.15) is 30.3 Å². The normalized spacial score (nSPS) is 15.4. The van der Waals surface area contributed by atoms with Gasteiger partial charge in [-0.25, -0.2) is 4.98 Å². The number of nitrogen functional groups attached to an aromatic ring is 2. The van der Waals surface area contributed by atoms with Crippen molar-refractivity contribution in [2.24, 2.45) is 0 Å². The molecule has 0 amide bonds. The maximum atomic E-state index is 9.09. The van der Waals surface area contributed by atoms with Crippen molar-refractivity contribution in [1.82, 2.24) is 0 Å². The zero-order valence-corrected chi connectivity index (χ0v) is 12.6. The van der Waals surface area contributed by atoms with E-state index in [0.717, 1.165) is 17.1 Å². The Kier molecular flexibility index (Phi) is 3.81. The molecule has 0 aliphatic carbocycles. The third-order valence-electron chi connectivity index (χ3n) is 3.71. The minimum Gasteiger partial charge on any atom is -0.497 e. The number of rotatable bonds is 4. The standard InChI is InChI=1S/C16H16N4O3/c1-21-9-2-4-10(5-3-9)22-8-11-6-12-14(18)13(7-17)15(19)20-16(12)23-11/h2-5,11H,6,8H2,1H3,(H4,18,19,20)/p+1/t11-/m1/s1. The minimum absolute atomic E-state index is 0.195. The summed E-state index contributed by atoms with van der Waals surface area (Å²) in [5, 5.41) is 9.09. The first-order valence-electron chi connectivity index (χ1n) is 7.09. The number of nitrogens with two attached hydrogens (primary N) is 2. The fourth-order valence-electron chi connectivity index (χ4n) is 2.49. The molecule has 0 bridgehead atoms. The average Bonchev–Trinajstić information content (AvgIpc) is 2.97. The Hall–Kier alpha value is -3.14. The molecule has 0 fully saturated rings. The summed E-state index contributed by atoms with van der Waals surface area (Å²) < 4.78 is 16.6. The maximum absolute atomic E-state index is 9.09. The molecule has 2 heterocycles. The topological polar surface area (TPSA) is 118 Å². The van der Waals surface area contributed by atoms with Gasteiger partial charge in [0, 0.05) is 6.42 Å².